The zero-order chi connectivity index (χ0) is 23.7. The van der Waals surface area contributed by atoms with E-state index in [0.29, 0.717) is 40.8 Å². The van der Waals surface area contributed by atoms with E-state index in [9.17, 15) is 4.39 Å². The zero-order valence-corrected chi connectivity index (χ0v) is 20.4. The number of halogens is 2. The molecule has 0 atom stereocenters. The molecule has 0 bridgehead atoms. The minimum atomic E-state index is -0.177. The zero-order valence-electron chi connectivity index (χ0n) is 18.2. The lowest BCUT2D eigenvalue weighted by molar-refractivity contribution is 0.266. The standard InChI is InChI=1S/C22H23FIN9O/c23-16-12-14(24)3-4-17(16)32-9-7-31(8-10-32)6-5-27-19-15(13-25)21-28-20(18-2-1-11-34-18)30-33(21)22(26)29-19/h1-4,11-13,25,27H,5-10H2,(H2,26,29)/i24-4. The lowest BCUT2D eigenvalue weighted by Gasteiger charge is -2.36. The molecule has 5 rings (SSSR count). The second kappa shape index (κ2) is 9.54. The predicted octanol–water partition coefficient (Wildman–Crippen LogP) is 2.94. The molecule has 0 radical (unpaired) electrons. The van der Waals surface area contributed by atoms with Gasteiger partial charge in [0.1, 0.15) is 11.6 Å². The van der Waals surface area contributed by atoms with Crippen molar-refractivity contribution in [2.45, 2.75) is 0 Å². The van der Waals surface area contributed by atoms with E-state index in [1.807, 2.05) is 12.1 Å². The van der Waals surface area contributed by atoms with E-state index in [-0.39, 0.29) is 11.8 Å². The largest absolute Gasteiger partial charge is 0.461 e. The third-order valence-electron chi connectivity index (χ3n) is 5.78. The molecular weight excluding hydrogens is 548 g/mol. The van der Waals surface area contributed by atoms with Crippen molar-refractivity contribution in [3.05, 3.63) is 51.5 Å². The number of anilines is 3. The van der Waals surface area contributed by atoms with E-state index in [1.165, 1.54) is 10.7 Å². The molecule has 1 aromatic carbocycles. The lowest BCUT2D eigenvalue weighted by atomic mass is 10.2. The summed E-state index contributed by atoms with van der Waals surface area (Å²) in [7, 11) is 0. The van der Waals surface area contributed by atoms with Gasteiger partial charge < -0.3 is 25.8 Å². The van der Waals surface area contributed by atoms with Crippen LogP contribution in [0, 0.1) is 14.8 Å². The van der Waals surface area contributed by atoms with Gasteiger partial charge in [-0.25, -0.2) is 9.37 Å². The Balaban J connectivity index is 1.23. The summed E-state index contributed by atoms with van der Waals surface area (Å²) < 4.78 is 22.0. The van der Waals surface area contributed by atoms with Crippen LogP contribution in [-0.4, -0.2) is 70.0 Å². The van der Waals surface area contributed by atoms with Crippen LogP contribution in [0.25, 0.3) is 17.2 Å². The number of hydrogen-bond acceptors (Lipinski definition) is 9. The van der Waals surface area contributed by atoms with Gasteiger partial charge in [0.25, 0.3) is 0 Å². The minimum absolute atomic E-state index is 0.168. The third-order valence-corrected chi connectivity index (χ3v) is 6.45. The summed E-state index contributed by atoms with van der Waals surface area (Å²) in [5.74, 6) is 1.36. The Bertz CT molecular complexity index is 1320. The molecule has 1 fully saturated rings. The molecule has 0 amide bonds. The number of nitrogens with one attached hydrogen (secondary N) is 2. The Hall–Kier alpha value is -3.26. The molecule has 4 aromatic rings. The van der Waals surface area contributed by atoms with Crippen molar-refractivity contribution in [2.75, 3.05) is 55.2 Å². The van der Waals surface area contributed by atoms with Gasteiger partial charge in [-0.1, -0.05) is 0 Å². The van der Waals surface area contributed by atoms with E-state index < -0.39 is 0 Å². The fourth-order valence-electron chi connectivity index (χ4n) is 4.03. The molecule has 3 aromatic heterocycles. The summed E-state index contributed by atoms with van der Waals surface area (Å²) in [6.45, 7) is 4.56. The molecule has 12 heteroatoms. The summed E-state index contributed by atoms with van der Waals surface area (Å²) in [5.41, 5.74) is 7.70. The van der Waals surface area contributed by atoms with Crippen molar-refractivity contribution in [3.63, 3.8) is 0 Å². The molecule has 1 saturated heterocycles. The van der Waals surface area contributed by atoms with Crippen molar-refractivity contribution >= 4 is 51.9 Å². The first kappa shape index (κ1) is 22.5. The third kappa shape index (κ3) is 4.42. The minimum Gasteiger partial charge on any atom is -0.461 e. The van der Waals surface area contributed by atoms with Crippen molar-refractivity contribution in [3.8, 4) is 11.6 Å². The van der Waals surface area contributed by atoms with Gasteiger partial charge in [-0.05, 0) is 52.9 Å². The maximum Gasteiger partial charge on any atom is 0.225 e. The van der Waals surface area contributed by atoms with E-state index >= 15 is 0 Å². The number of nitrogen functional groups attached to an aromatic ring is 1. The molecule has 34 heavy (non-hydrogen) atoms. The molecule has 1 aliphatic heterocycles. The van der Waals surface area contributed by atoms with Crippen molar-refractivity contribution < 1.29 is 8.81 Å². The van der Waals surface area contributed by atoms with Crippen LogP contribution in [0.5, 0.6) is 0 Å². The first-order valence-corrected chi connectivity index (χ1v) is 11.9. The predicted molar refractivity (Wildman–Crippen MR) is 137 cm³/mol. The average molecular weight is 571 g/mol. The van der Waals surface area contributed by atoms with Crippen LogP contribution < -0.4 is 16.0 Å². The molecule has 0 saturated carbocycles. The van der Waals surface area contributed by atoms with Crippen molar-refractivity contribution in [1.29, 1.82) is 5.41 Å². The van der Waals surface area contributed by atoms with Crippen LogP contribution in [0.15, 0.2) is 41.0 Å². The van der Waals surface area contributed by atoms with Crippen LogP contribution in [0.4, 0.5) is 21.8 Å². The average Bonchev–Trinajstić information content (AvgIpc) is 3.51. The number of nitrogens with zero attached hydrogens (tertiary/aromatic N) is 6. The quantitative estimate of drug-likeness (QED) is 0.229. The van der Waals surface area contributed by atoms with E-state index in [2.05, 4.69) is 52.8 Å². The topological polar surface area (TPSA) is 125 Å². The van der Waals surface area contributed by atoms with Crippen molar-refractivity contribution in [1.82, 2.24) is 24.5 Å². The van der Waals surface area contributed by atoms with Crippen LogP contribution >= 0.6 is 22.6 Å². The van der Waals surface area contributed by atoms with Crippen molar-refractivity contribution in [2.24, 2.45) is 0 Å². The number of piperazine rings is 1. The van der Waals surface area contributed by atoms with Gasteiger partial charge in [0, 0.05) is 49.1 Å². The van der Waals surface area contributed by atoms with E-state index in [1.54, 1.807) is 24.5 Å². The summed E-state index contributed by atoms with van der Waals surface area (Å²) in [5, 5.41) is 15.5. The Morgan fingerprint density at radius 2 is 2.03 bits per heavy atom. The Kier molecular flexibility index (Phi) is 6.32. The van der Waals surface area contributed by atoms with Gasteiger partial charge in [0.05, 0.1) is 17.5 Å². The highest BCUT2D eigenvalue weighted by Crippen LogP contribution is 2.24. The molecule has 10 nitrogen and oxygen atoms in total. The van der Waals surface area contributed by atoms with Crippen LogP contribution in [0.1, 0.15) is 5.56 Å². The van der Waals surface area contributed by atoms with Gasteiger partial charge in [-0.2, -0.15) is 9.50 Å². The Morgan fingerprint density at radius 1 is 1.21 bits per heavy atom. The molecule has 176 valence electrons. The molecule has 4 N–H and O–H groups in total. The molecule has 1 aliphatic rings. The Morgan fingerprint density at radius 3 is 2.74 bits per heavy atom. The molecule has 0 aliphatic carbocycles. The summed E-state index contributed by atoms with van der Waals surface area (Å²) in [4.78, 5) is 13.3. The first-order chi connectivity index (χ1) is 16.5. The lowest BCUT2D eigenvalue weighted by Crippen LogP contribution is -2.48. The van der Waals surface area contributed by atoms with Gasteiger partial charge in [-0.3, -0.25) is 4.90 Å². The van der Waals surface area contributed by atoms with Crippen LogP contribution in [-0.2, 0) is 0 Å². The number of benzene rings is 1. The fourth-order valence-corrected chi connectivity index (χ4v) is 4.49. The summed E-state index contributed by atoms with van der Waals surface area (Å²) in [6, 6.07) is 8.85. The monoisotopic (exact) mass is 571 g/mol. The van der Waals surface area contributed by atoms with Crippen LogP contribution in [0.3, 0.4) is 0 Å². The maximum absolute atomic E-state index is 14.3. The Labute approximate surface area is 208 Å². The smallest absolute Gasteiger partial charge is 0.225 e. The van der Waals surface area contributed by atoms with E-state index in [0.717, 1.165) is 36.3 Å². The fraction of sp³-hybridized carbons (Fsp3) is 0.273. The van der Waals surface area contributed by atoms with Gasteiger partial charge >= 0.3 is 0 Å². The number of hydrogen-bond donors (Lipinski definition) is 3. The number of fused-ring (bicyclic) bond motifs is 1. The summed E-state index contributed by atoms with van der Waals surface area (Å²) >= 11 is 2.12. The first-order valence-electron chi connectivity index (χ1n) is 10.8. The number of rotatable bonds is 7. The van der Waals surface area contributed by atoms with Crippen LogP contribution in [0.2, 0.25) is 0 Å². The molecule has 0 spiro atoms. The highest BCUT2D eigenvalue weighted by atomic mass is 123. The molecule has 4 heterocycles. The van der Waals surface area contributed by atoms with Gasteiger partial charge in [0.15, 0.2) is 11.4 Å². The number of nitrogens with two attached hydrogens (primary N) is 1. The molecular formula is C22H23FIN9O. The SMILES string of the molecule is N=Cc1c(NCCN2CCN(c3ccc([123I])cc3F)CC2)nc(N)n2nc(-c3ccco3)nc12. The van der Waals surface area contributed by atoms with E-state index in [4.69, 9.17) is 15.6 Å². The highest BCUT2D eigenvalue weighted by molar-refractivity contribution is 14.1. The maximum atomic E-state index is 14.3. The molecule has 0 unspecified atom stereocenters. The summed E-state index contributed by atoms with van der Waals surface area (Å²) in [6.07, 6.45) is 2.74. The normalized spacial score (nSPS) is 14.6. The number of aromatic nitrogens is 4. The van der Waals surface area contributed by atoms with Gasteiger partial charge in [0.2, 0.25) is 11.8 Å². The van der Waals surface area contributed by atoms with Gasteiger partial charge in [-0.15, -0.1) is 5.10 Å². The number of furan rings is 1. The second-order valence-corrected chi connectivity index (χ2v) is 9.12. The highest BCUT2D eigenvalue weighted by Gasteiger charge is 2.21. The second-order valence-electron chi connectivity index (χ2n) is 7.88.